The topological polar surface area (TPSA) is 63.6 Å². The summed E-state index contributed by atoms with van der Waals surface area (Å²) in [5, 5.41) is 3.43. The predicted molar refractivity (Wildman–Crippen MR) is 119 cm³/mol. The molecule has 0 spiro atoms. The van der Waals surface area contributed by atoms with Crippen molar-refractivity contribution in [1.82, 2.24) is 14.8 Å². The molecule has 7 heteroatoms. The first-order chi connectivity index (χ1) is 14.4. The van der Waals surface area contributed by atoms with Crippen molar-refractivity contribution in [2.45, 2.75) is 39.7 Å². The minimum Gasteiger partial charge on any atom is -0.368 e. The Kier molecular flexibility index (Phi) is 7.69. The number of Topliss-reactive ketones (excluding diaryl/α,β-unsaturated/α-hetero) is 1. The Hall–Kier alpha value is -2.15. The number of halogens is 1. The van der Waals surface area contributed by atoms with Crippen LogP contribution in [0.25, 0.3) is 5.69 Å². The second-order valence-corrected chi connectivity index (χ2v) is 8.20. The van der Waals surface area contributed by atoms with Crippen molar-refractivity contribution in [1.29, 1.82) is 0 Å². The molecule has 0 radical (unpaired) electrons. The molecule has 1 saturated heterocycles. The van der Waals surface area contributed by atoms with Crippen LogP contribution in [0.2, 0.25) is 5.02 Å². The number of amides is 1. The molecule has 0 saturated carbocycles. The highest BCUT2D eigenvalue weighted by Gasteiger charge is 2.24. The van der Waals surface area contributed by atoms with Gasteiger partial charge in [-0.25, -0.2) is 0 Å². The Balaban J connectivity index is 1.56. The Morgan fingerprint density at radius 3 is 2.47 bits per heavy atom. The number of likely N-dealkylation sites (tertiary alicyclic amines) is 1. The fraction of sp³-hybridized carbons (Fsp3) is 0.478. The van der Waals surface area contributed by atoms with Crippen LogP contribution in [-0.4, -0.2) is 60.0 Å². The number of piperidine rings is 1. The van der Waals surface area contributed by atoms with Crippen molar-refractivity contribution in [3.8, 4) is 5.69 Å². The van der Waals surface area contributed by atoms with Gasteiger partial charge in [-0.3, -0.25) is 14.5 Å². The summed E-state index contributed by atoms with van der Waals surface area (Å²) in [5.41, 5.74) is 3.73. The predicted octanol–water partition coefficient (Wildman–Crippen LogP) is 3.55. The van der Waals surface area contributed by atoms with Crippen LogP contribution in [0, 0.1) is 13.8 Å². The second-order valence-electron chi connectivity index (χ2n) is 7.76. The van der Waals surface area contributed by atoms with Gasteiger partial charge in [-0.15, -0.1) is 0 Å². The second kappa shape index (κ2) is 10.2. The van der Waals surface area contributed by atoms with Crippen LogP contribution in [-0.2, 0) is 9.53 Å². The van der Waals surface area contributed by atoms with Crippen LogP contribution >= 0.6 is 11.6 Å². The standard InChI is InChI=1S/C23H30ClN3O3/c1-4-25-23(29)15-30-20-9-11-26(12-10-20)14-22(28)21-13-16(2)27(17(21)3)19-7-5-18(24)6-8-19/h5-8,13,20H,4,9-12,14-15H2,1-3H3,(H,25,29). The van der Waals surface area contributed by atoms with Gasteiger partial charge in [-0.1, -0.05) is 11.6 Å². The molecule has 2 heterocycles. The van der Waals surface area contributed by atoms with Gasteiger partial charge < -0.3 is 14.6 Å². The number of nitrogens with one attached hydrogen (secondary N) is 1. The van der Waals surface area contributed by atoms with Crippen LogP contribution in [0.3, 0.4) is 0 Å². The SMILES string of the molecule is CCNC(=O)COC1CCN(CC(=O)c2cc(C)n(-c3ccc(Cl)cc3)c2C)CC1. The summed E-state index contributed by atoms with van der Waals surface area (Å²) in [4.78, 5) is 26.7. The van der Waals surface area contributed by atoms with E-state index in [1.165, 1.54) is 0 Å². The van der Waals surface area contributed by atoms with E-state index in [1.807, 2.05) is 51.1 Å². The first-order valence-electron chi connectivity index (χ1n) is 10.5. The number of hydrogen-bond donors (Lipinski definition) is 1. The quantitative estimate of drug-likeness (QED) is 0.649. The molecule has 6 nitrogen and oxygen atoms in total. The molecule has 1 amide bonds. The molecule has 0 bridgehead atoms. The number of carbonyl (C=O) groups is 2. The lowest BCUT2D eigenvalue weighted by atomic mass is 10.1. The number of nitrogens with zero attached hydrogens (tertiary/aromatic N) is 2. The van der Waals surface area contributed by atoms with Crippen LogP contribution in [0.4, 0.5) is 0 Å². The number of ether oxygens (including phenoxy) is 1. The number of likely N-dealkylation sites (N-methyl/N-ethyl adjacent to an activating group) is 1. The van der Waals surface area contributed by atoms with E-state index in [4.69, 9.17) is 16.3 Å². The third kappa shape index (κ3) is 5.50. The minimum absolute atomic E-state index is 0.0776. The monoisotopic (exact) mass is 431 g/mol. The van der Waals surface area contributed by atoms with Crippen molar-refractivity contribution in [2.24, 2.45) is 0 Å². The zero-order valence-electron chi connectivity index (χ0n) is 17.9. The first-order valence-corrected chi connectivity index (χ1v) is 10.9. The fourth-order valence-corrected chi connectivity index (χ4v) is 4.12. The van der Waals surface area contributed by atoms with Crippen LogP contribution in [0.15, 0.2) is 30.3 Å². The number of ketones is 1. The van der Waals surface area contributed by atoms with E-state index in [-0.39, 0.29) is 24.4 Å². The van der Waals surface area contributed by atoms with E-state index >= 15 is 0 Å². The Morgan fingerprint density at radius 2 is 1.83 bits per heavy atom. The lowest BCUT2D eigenvalue weighted by Gasteiger charge is -2.31. The van der Waals surface area contributed by atoms with Crippen molar-refractivity contribution < 1.29 is 14.3 Å². The zero-order valence-corrected chi connectivity index (χ0v) is 18.7. The molecule has 0 atom stereocenters. The summed E-state index contributed by atoms with van der Waals surface area (Å²) in [7, 11) is 0. The lowest BCUT2D eigenvalue weighted by molar-refractivity contribution is -0.128. The Labute approximate surface area is 183 Å². The van der Waals surface area contributed by atoms with Gasteiger partial charge in [0, 0.05) is 47.3 Å². The minimum atomic E-state index is -0.0776. The maximum atomic E-state index is 13.0. The largest absolute Gasteiger partial charge is 0.368 e. The van der Waals surface area contributed by atoms with E-state index < -0.39 is 0 Å². The molecule has 0 unspecified atom stereocenters. The van der Waals surface area contributed by atoms with E-state index in [0.29, 0.717) is 18.1 Å². The van der Waals surface area contributed by atoms with Gasteiger partial charge in [0.25, 0.3) is 0 Å². The van der Waals surface area contributed by atoms with Crippen LogP contribution in [0.1, 0.15) is 41.5 Å². The van der Waals surface area contributed by atoms with Gasteiger partial charge >= 0.3 is 0 Å². The molecule has 1 aliphatic rings. The molecule has 1 aromatic heterocycles. The molecular weight excluding hydrogens is 402 g/mol. The van der Waals surface area contributed by atoms with Gasteiger partial charge in [-0.2, -0.15) is 0 Å². The molecule has 162 valence electrons. The molecule has 3 rings (SSSR count). The number of benzene rings is 1. The molecule has 1 aromatic carbocycles. The van der Waals surface area contributed by atoms with Gasteiger partial charge in [0.15, 0.2) is 5.78 Å². The molecule has 0 aliphatic carbocycles. The summed E-state index contributed by atoms with van der Waals surface area (Å²) < 4.78 is 7.78. The molecular formula is C23H30ClN3O3. The number of rotatable bonds is 8. The number of aromatic nitrogens is 1. The van der Waals surface area contributed by atoms with Gasteiger partial charge in [0.1, 0.15) is 6.61 Å². The summed E-state index contributed by atoms with van der Waals surface area (Å²) in [6.07, 6.45) is 1.74. The highest BCUT2D eigenvalue weighted by atomic mass is 35.5. The van der Waals surface area contributed by atoms with Crippen molar-refractivity contribution in [3.05, 3.63) is 52.3 Å². The van der Waals surface area contributed by atoms with Crippen molar-refractivity contribution >= 4 is 23.3 Å². The fourth-order valence-electron chi connectivity index (χ4n) is 4.00. The van der Waals surface area contributed by atoms with Gasteiger partial charge in [0.05, 0.1) is 12.6 Å². The van der Waals surface area contributed by atoms with E-state index in [9.17, 15) is 9.59 Å². The van der Waals surface area contributed by atoms with E-state index in [1.54, 1.807) is 0 Å². The third-order valence-corrected chi connectivity index (χ3v) is 5.79. The van der Waals surface area contributed by atoms with E-state index in [0.717, 1.165) is 48.6 Å². The molecule has 1 fully saturated rings. The molecule has 1 aliphatic heterocycles. The average Bonchev–Trinajstić information content (AvgIpc) is 3.03. The number of aryl methyl sites for hydroxylation is 1. The smallest absolute Gasteiger partial charge is 0.246 e. The summed E-state index contributed by atoms with van der Waals surface area (Å²) in [5.74, 6) is 0.0520. The molecule has 1 N–H and O–H groups in total. The lowest BCUT2D eigenvalue weighted by Crippen LogP contribution is -2.41. The van der Waals surface area contributed by atoms with Gasteiger partial charge in [0.2, 0.25) is 5.91 Å². The average molecular weight is 432 g/mol. The van der Waals surface area contributed by atoms with Gasteiger partial charge in [-0.05, 0) is 63.9 Å². The molecule has 2 aromatic rings. The summed E-state index contributed by atoms with van der Waals surface area (Å²) >= 11 is 6.00. The third-order valence-electron chi connectivity index (χ3n) is 5.54. The van der Waals surface area contributed by atoms with E-state index in [2.05, 4.69) is 14.8 Å². The highest BCUT2D eigenvalue weighted by molar-refractivity contribution is 6.30. The number of hydrogen-bond acceptors (Lipinski definition) is 4. The molecule has 30 heavy (non-hydrogen) atoms. The first kappa shape index (κ1) is 22.5. The van der Waals surface area contributed by atoms with Crippen LogP contribution < -0.4 is 5.32 Å². The Morgan fingerprint density at radius 1 is 1.17 bits per heavy atom. The normalized spacial score (nSPS) is 15.3. The maximum Gasteiger partial charge on any atom is 0.246 e. The van der Waals surface area contributed by atoms with Crippen molar-refractivity contribution in [3.63, 3.8) is 0 Å². The highest BCUT2D eigenvalue weighted by Crippen LogP contribution is 2.23. The van der Waals surface area contributed by atoms with Crippen LogP contribution in [0.5, 0.6) is 0 Å². The number of carbonyl (C=O) groups excluding carboxylic acids is 2. The maximum absolute atomic E-state index is 13.0. The zero-order chi connectivity index (χ0) is 21.7. The van der Waals surface area contributed by atoms with Crippen molar-refractivity contribution in [2.75, 3.05) is 32.8 Å². The Bertz CT molecular complexity index is 884. The summed E-state index contributed by atoms with van der Waals surface area (Å²) in [6.45, 7) is 8.58. The summed E-state index contributed by atoms with van der Waals surface area (Å²) in [6, 6.07) is 9.60.